The molecule has 1 radical (unpaired) electrons. The molecular weight excluding hydrogens is 685 g/mol. The SMILES string of the molecule is CCOC(=O)C1C2CN(Cc3ccc(-c4cccc(-c5ccc[c-]c5C)c4Cl)nc3OC)CC21.Cn1c(=O)c2[c-]nccc2n(C)c1=O.[Mn+2]. The van der Waals surface area contributed by atoms with Crippen LogP contribution in [0.25, 0.3) is 33.3 Å². The average molecular weight is 721 g/mol. The van der Waals surface area contributed by atoms with Crippen LogP contribution in [0.5, 0.6) is 5.88 Å². The molecule has 2 unspecified atom stereocenters. The first-order chi connectivity index (χ1) is 23.1. The minimum Gasteiger partial charge on any atom is -0.481 e. The van der Waals surface area contributed by atoms with Gasteiger partial charge in [-0.3, -0.25) is 9.69 Å². The van der Waals surface area contributed by atoms with E-state index < -0.39 is 0 Å². The van der Waals surface area contributed by atoms with Gasteiger partial charge in [-0.05, 0) is 41.9 Å². The first-order valence-corrected chi connectivity index (χ1v) is 16.1. The largest absolute Gasteiger partial charge is 2.00 e. The molecule has 7 rings (SSSR count). The second-order valence-electron chi connectivity index (χ2n) is 12.1. The number of esters is 1. The smallest absolute Gasteiger partial charge is 0.481 e. The van der Waals surface area contributed by atoms with Crippen molar-refractivity contribution in [2.45, 2.75) is 20.4 Å². The maximum absolute atomic E-state index is 12.0. The number of carbonyl (C=O) groups excluding carboxylic acids is 1. The van der Waals surface area contributed by atoms with Gasteiger partial charge in [0, 0.05) is 49.9 Å². The molecule has 253 valence electrons. The summed E-state index contributed by atoms with van der Waals surface area (Å²) in [5.41, 5.74) is 5.59. The molecule has 1 saturated carbocycles. The van der Waals surface area contributed by atoms with E-state index in [1.807, 2.05) is 50.2 Å². The fourth-order valence-electron chi connectivity index (χ4n) is 6.61. The Kier molecular flexibility index (Phi) is 11.1. The van der Waals surface area contributed by atoms with Gasteiger partial charge in [-0.15, -0.1) is 11.6 Å². The van der Waals surface area contributed by atoms with Crippen LogP contribution in [-0.2, 0) is 47.2 Å². The Morgan fingerprint density at radius 3 is 2.41 bits per heavy atom. The van der Waals surface area contributed by atoms with Crippen LogP contribution in [0.2, 0.25) is 5.02 Å². The van der Waals surface area contributed by atoms with Crippen molar-refractivity contribution in [1.82, 2.24) is 24.0 Å². The summed E-state index contributed by atoms with van der Waals surface area (Å²) in [6, 6.07) is 20.9. The number of fused-ring (bicyclic) bond motifs is 2. The second-order valence-corrected chi connectivity index (χ2v) is 12.4. The number of rotatable bonds is 7. The molecule has 2 fully saturated rings. The molecule has 0 N–H and O–H groups in total. The van der Waals surface area contributed by atoms with Gasteiger partial charge in [0.1, 0.15) is 0 Å². The number of aromatic nitrogens is 4. The quantitative estimate of drug-likeness (QED) is 0.133. The van der Waals surface area contributed by atoms with Crippen molar-refractivity contribution in [2.24, 2.45) is 31.8 Å². The van der Waals surface area contributed by atoms with Crippen LogP contribution in [0, 0.1) is 36.9 Å². The maximum Gasteiger partial charge on any atom is 2.00 e. The minimum atomic E-state index is -0.365. The third-order valence-corrected chi connectivity index (χ3v) is 9.58. The molecule has 3 aromatic heterocycles. The van der Waals surface area contributed by atoms with Crippen molar-refractivity contribution in [3.05, 3.63) is 110 Å². The van der Waals surface area contributed by atoms with E-state index in [0.29, 0.717) is 40.2 Å². The zero-order chi connectivity index (χ0) is 34.1. The summed E-state index contributed by atoms with van der Waals surface area (Å²) in [5.74, 6) is 1.48. The van der Waals surface area contributed by atoms with Crippen molar-refractivity contribution in [1.29, 1.82) is 0 Å². The Balaban J connectivity index is 0.000000262. The first kappa shape index (κ1) is 36.0. The summed E-state index contributed by atoms with van der Waals surface area (Å²) in [7, 11) is 4.69. The van der Waals surface area contributed by atoms with Gasteiger partial charge < -0.3 is 28.4 Å². The van der Waals surface area contributed by atoms with Crippen LogP contribution in [0.3, 0.4) is 0 Å². The van der Waals surface area contributed by atoms with Crippen molar-refractivity contribution in [3.63, 3.8) is 0 Å². The summed E-state index contributed by atoms with van der Waals surface area (Å²) >= 11 is 6.86. The Morgan fingerprint density at radius 2 is 1.71 bits per heavy atom. The average Bonchev–Trinajstić information content (AvgIpc) is 3.62. The number of carbonyl (C=O) groups is 1. The van der Waals surface area contributed by atoms with Crippen molar-refractivity contribution in [2.75, 3.05) is 26.8 Å². The zero-order valence-electron chi connectivity index (χ0n) is 27.9. The Bertz CT molecular complexity index is 2120. The zero-order valence-corrected chi connectivity index (χ0v) is 29.8. The van der Waals surface area contributed by atoms with Gasteiger partial charge in [-0.2, -0.15) is 29.8 Å². The van der Waals surface area contributed by atoms with Crippen molar-refractivity contribution >= 4 is 28.5 Å². The molecule has 0 amide bonds. The van der Waals surface area contributed by atoms with Crippen LogP contribution < -0.4 is 16.0 Å². The number of benzene rings is 2. The fraction of sp³-hybridized carbons (Fsp3) is 0.324. The number of pyridine rings is 2. The summed E-state index contributed by atoms with van der Waals surface area (Å²) in [6.07, 6.45) is 4.09. The summed E-state index contributed by atoms with van der Waals surface area (Å²) in [5, 5.41) is 0.995. The second kappa shape index (κ2) is 15.1. The number of ether oxygens (including phenoxy) is 2. The molecule has 10 nitrogen and oxygen atoms in total. The monoisotopic (exact) mass is 720 g/mol. The van der Waals surface area contributed by atoms with Crippen LogP contribution in [0.1, 0.15) is 18.1 Å². The number of likely N-dealkylation sites (tertiary alicyclic amines) is 1. The number of methoxy groups -OCH3 is 1. The number of halogens is 1. The third kappa shape index (κ3) is 7.07. The fourth-order valence-corrected chi connectivity index (χ4v) is 6.93. The number of hydrogen-bond acceptors (Lipinski definition) is 8. The van der Waals surface area contributed by atoms with Gasteiger partial charge in [-0.1, -0.05) is 54.6 Å². The standard InChI is InChI=1S/C28H28ClN2O3.C9H8N3O2.Mn/c1-4-34-28(32)25-22-15-31(16-23(22)25)14-18-12-13-24(30-27(18)33-3)21-11-7-10-20(26(21)29)19-9-6-5-8-17(19)2;1-11-7-3-4-10-5-6(7)8(13)12(2)9(11)14;/h5-7,9-13,22-23,25H,4,14-16H2,1-3H3;3-4H,1-2H3;/q2*-1;+2. The topological polar surface area (TPSA) is 109 Å². The van der Waals surface area contributed by atoms with Gasteiger partial charge in [0.05, 0.1) is 25.3 Å². The van der Waals surface area contributed by atoms with Gasteiger partial charge in [-0.25, -0.2) is 9.78 Å². The van der Waals surface area contributed by atoms with Crippen LogP contribution >= 0.6 is 11.6 Å². The number of aryl methyl sites for hydroxylation is 2. The third-order valence-electron chi connectivity index (χ3n) is 9.18. The number of nitrogens with zero attached hydrogens (tertiary/aromatic N) is 5. The van der Waals surface area contributed by atoms with Crippen molar-refractivity contribution in [3.8, 4) is 28.3 Å². The summed E-state index contributed by atoms with van der Waals surface area (Å²) < 4.78 is 13.3. The van der Waals surface area contributed by atoms with Crippen molar-refractivity contribution < 1.29 is 31.3 Å². The Hall–Kier alpha value is -4.28. The normalized spacial score (nSPS) is 17.8. The predicted molar refractivity (Wildman–Crippen MR) is 184 cm³/mol. The van der Waals surface area contributed by atoms with E-state index in [4.69, 9.17) is 26.1 Å². The first-order valence-electron chi connectivity index (χ1n) is 15.8. The molecule has 0 bridgehead atoms. The van der Waals surface area contributed by atoms with E-state index in [1.54, 1.807) is 20.2 Å². The number of piperidine rings is 1. The molecule has 4 heterocycles. The molecule has 1 aliphatic carbocycles. The molecule has 1 aliphatic heterocycles. The summed E-state index contributed by atoms with van der Waals surface area (Å²) in [6.45, 7) is 6.89. The van der Waals surface area contributed by atoms with E-state index in [1.165, 1.54) is 17.8 Å². The van der Waals surface area contributed by atoms with E-state index in [0.717, 1.165) is 57.7 Å². The summed E-state index contributed by atoms with van der Waals surface area (Å²) in [4.78, 5) is 46.0. The van der Waals surface area contributed by atoms with Gasteiger partial charge >= 0.3 is 28.7 Å². The molecule has 2 atom stereocenters. The van der Waals surface area contributed by atoms with Gasteiger partial charge in [0.25, 0.3) is 0 Å². The van der Waals surface area contributed by atoms with Gasteiger partial charge in [0.15, 0.2) is 5.56 Å². The van der Waals surface area contributed by atoms with E-state index in [9.17, 15) is 14.4 Å². The number of hydrogen-bond donors (Lipinski definition) is 0. The van der Waals surface area contributed by atoms with Crippen LogP contribution in [0.4, 0.5) is 0 Å². The molecular formula is C37H36ClMnN5O5. The molecule has 0 spiro atoms. The van der Waals surface area contributed by atoms with E-state index in [-0.39, 0.29) is 40.2 Å². The van der Waals surface area contributed by atoms with E-state index >= 15 is 0 Å². The minimum absolute atomic E-state index is 0. The van der Waals surface area contributed by atoms with Crippen LogP contribution in [0.15, 0.2) is 70.4 Å². The Labute approximate surface area is 300 Å². The molecule has 2 aromatic carbocycles. The van der Waals surface area contributed by atoms with Crippen LogP contribution in [-0.4, -0.2) is 56.8 Å². The molecule has 49 heavy (non-hydrogen) atoms. The Morgan fingerprint density at radius 1 is 1.00 bits per heavy atom. The maximum atomic E-state index is 12.0. The molecule has 1 saturated heterocycles. The molecule has 5 aromatic rings. The molecule has 12 heteroatoms. The van der Waals surface area contributed by atoms with E-state index in [2.05, 4.69) is 34.3 Å². The molecule has 2 aliphatic rings. The predicted octanol–water partition coefficient (Wildman–Crippen LogP) is 4.86. The van der Waals surface area contributed by atoms with Gasteiger partial charge in [0.2, 0.25) is 5.88 Å².